The molecule has 0 spiro atoms. The molecule has 1 N–H and O–H groups in total. The maximum atomic E-state index is 13.0. The molecule has 21 heavy (non-hydrogen) atoms. The second-order valence-electron chi connectivity index (χ2n) is 4.48. The van der Waals surface area contributed by atoms with Crippen LogP contribution in [-0.4, -0.2) is 12.5 Å². The Hall–Kier alpha value is -1.59. The van der Waals surface area contributed by atoms with E-state index in [2.05, 4.69) is 5.32 Å². The highest BCUT2D eigenvalue weighted by Gasteiger charge is 2.10. The van der Waals surface area contributed by atoms with Crippen molar-refractivity contribution in [2.24, 2.45) is 0 Å². The lowest BCUT2D eigenvalue weighted by Gasteiger charge is -2.12. The number of benzene rings is 1. The van der Waals surface area contributed by atoms with E-state index < -0.39 is 5.82 Å². The standard InChI is InChI=1S/C15H15ClFNO2S/c1-10(14-3-2-8-21-14)18-15(19)6-7-20-11-4-5-13(17)12(16)9-11/h2-5,8-10H,6-7H2,1H3,(H,18,19)/t10-/m1/s1. The number of nitrogens with one attached hydrogen (secondary N) is 1. The Morgan fingerprint density at radius 2 is 2.29 bits per heavy atom. The van der Waals surface area contributed by atoms with Gasteiger partial charge in [-0.2, -0.15) is 0 Å². The fraction of sp³-hybridized carbons (Fsp3) is 0.267. The van der Waals surface area contributed by atoms with E-state index in [1.807, 2.05) is 24.4 Å². The highest BCUT2D eigenvalue weighted by Crippen LogP contribution is 2.21. The molecule has 1 atom stereocenters. The quantitative estimate of drug-likeness (QED) is 0.864. The molecular formula is C15H15ClFNO2S. The third-order valence-corrected chi connectivity index (χ3v) is 4.18. The Morgan fingerprint density at radius 3 is 2.95 bits per heavy atom. The Morgan fingerprint density at radius 1 is 1.48 bits per heavy atom. The third-order valence-electron chi connectivity index (χ3n) is 2.84. The lowest BCUT2D eigenvalue weighted by atomic mass is 10.2. The maximum absolute atomic E-state index is 13.0. The molecule has 1 amide bonds. The molecule has 0 bridgehead atoms. The molecular weight excluding hydrogens is 313 g/mol. The zero-order chi connectivity index (χ0) is 15.2. The van der Waals surface area contributed by atoms with E-state index in [4.69, 9.17) is 16.3 Å². The average Bonchev–Trinajstić information content (AvgIpc) is 2.97. The first-order chi connectivity index (χ1) is 10.1. The van der Waals surface area contributed by atoms with Crippen molar-refractivity contribution in [3.63, 3.8) is 0 Å². The van der Waals surface area contributed by atoms with Crippen LogP contribution >= 0.6 is 22.9 Å². The van der Waals surface area contributed by atoms with Gasteiger partial charge >= 0.3 is 0 Å². The monoisotopic (exact) mass is 327 g/mol. The van der Waals surface area contributed by atoms with Crippen molar-refractivity contribution < 1.29 is 13.9 Å². The van der Waals surface area contributed by atoms with Gasteiger partial charge < -0.3 is 10.1 Å². The van der Waals surface area contributed by atoms with Crippen molar-refractivity contribution in [2.75, 3.05) is 6.61 Å². The SMILES string of the molecule is C[C@@H](NC(=O)CCOc1ccc(F)c(Cl)c1)c1cccs1. The Balaban J connectivity index is 1.75. The molecule has 2 rings (SSSR count). The number of ether oxygens (including phenoxy) is 1. The van der Waals surface area contributed by atoms with Crippen molar-refractivity contribution in [3.8, 4) is 5.75 Å². The van der Waals surface area contributed by atoms with Gasteiger partial charge in [0.25, 0.3) is 0 Å². The van der Waals surface area contributed by atoms with Gasteiger partial charge in [0.2, 0.25) is 5.91 Å². The second kappa shape index (κ2) is 7.43. The molecule has 0 saturated heterocycles. The molecule has 112 valence electrons. The van der Waals surface area contributed by atoms with Gasteiger partial charge in [-0.15, -0.1) is 11.3 Å². The van der Waals surface area contributed by atoms with E-state index in [1.165, 1.54) is 18.2 Å². The van der Waals surface area contributed by atoms with Gasteiger partial charge in [-0.25, -0.2) is 4.39 Å². The van der Waals surface area contributed by atoms with Crippen LogP contribution in [0.3, 0.4) is 0 Å². The van der Waals surface area contributed by atoms with Crippen molar-refractivity contribution in [1.82, 2.24) is 5.32 Å². The molecule has 3 nitrogen and oxygen atoms in total. The number of hydrogen-bond donors (Lipinski definition) is 1. The van der Waals surface area contributed by atoms with Crippen LogP contribution in [0.2, 0.25) is 5.02 Å². The first-order valence-electron chi connectivity index (χ1n) is 6.47. The molecule has 0 aliphatic heterocycles. The predicted octanol–water partition coefficient (Wildman–Crippen LogP) is 4.19. The van der Waals surface area contributed by atoms with Crippen LogP contribution in [0.25, 0.3) is 0 Å². The Labute approximate surface area is 131 Å². The van der Waals surface area contributed by atoms with E-state index in [1.54, 1.807) is 11.3 Å². The molecule has 0 aliphatic rings. The summed E-state index contributed by atoms with van der Waals surface area (Å²) in [6.45, 7) is 2.15. The van der Waals surface area contributed by atoms with Crippen LogP contribution in [0.15, 0.2) is 35.7 Å². The number of carbonyl (C=O) groups excluding carboxylic acids is 1. The number of amides is 1. The molecule has 0 aliphatic carbocycles. The smallest absolute Gasteiger partial charge is 0.223 e. The average molecular weight is 328 g/mol. The summed E-state index contributed by atoms with van der Waals surface area (Å²) in [5, 5.41) is 4.87. The summed E-state index contributed by atoms with van der Waals surface area (Å²) in [6, 6.07) is 8.02. The van der Waals surface area contributed by atoms with E-state index >= 15 is 0 Å². The molecule has 1 heterocycles. The number of carbonyl (C=O) groups is 1. The lowest BCUT2D eigenvalue weighted by Crippen LogP contribution is -2.27. The summed E-state index contributed by atoms with van der Waals surface area (Å²) in [4.78, 5) is 12.9. The normalized spacial score (nSPS) is 12.0. The summed E-state index contributed by atoms with van der Waals surface area (Å²) >= 11 is 7.25. The van der Waals surface area contributed by atoms with Gasteiger partial charge in [0.05, 0.1) is 24.1 Å². The van der Waals surface area contributed by atoms with Crippen LogP contribution in [0.4, 0.5) is 4.39 Å². The number of halogens is 2. The lowest BCUT2D eigenvalue weighted by molar-refractivity contribution is -0.122. The Kier molecular flexibility index (Phi) is 5.59. The molecule has 6 heteroatoms. The molecule has 0 unspecified atom stereocenters. The van der Waals surface area contributed by atoms with Gasteiger partial charge in [0.15, 0.2) is 0 Å². The van der Waals surface area contributed by atoms with Gasteiger partial charge in [-0.05, 0) is 30.5 Å². The minimum Gasteiger partial charge on any atom is -0.493 e. The van der Waals surface area contributed by atoms with Gasteiger partial charge in [0.1, 0.15) is 11.6 Å². The summed E-state index contributed by atoms with van der Waals surface area (Å²) in [6.07, 6.45) is 0.227. The molecule has 0 saturated carbocycles. The predicted molar refractivity (Wildman–Crippen MR) is 82.4 cm³/mol. The van der Waals surface area contributed by atoms with E-state index in [0.717, 1.165) is 4.88 Å². The highest BCUT2D eigenvalue weighted by molar-refractivity contribution is 7.10. The Bertz CT molecular complexity index is 604. The fourth-order valence-corrected chi connectivity index (χ4v) is 2.66. The number of hydrogen-bond acceptors (Lipinski definition) is 3. The first-order valence-corrected chi connectivity index (χ1v) is 7.72. The third kappa shape index (κ3) is 4.72. The topological polar surface area (TPSA) is 38.3 Å². The van der Waals surface area contributed by atoms with Crippen LogP contribution in [0.5, 0.6) is 5.75 Å². The van der Waals surface area contributed by atoms with Gasteiger partial charge in [-0.3, -0.25) is 4.79 Å². The van der Waals surface area contributed by atoms with Crippen molar-refractivity contribution in [3.05, 3.63) is 51.4 Å². The molecule has 1 aromatic carbocycles. The summed E-state index contributed by atoms with van der Waals surface area (Å²) in [5.74, 6) is -0.142. The van der Waals surface area contributed by atoms with E-state index in [0.29, 0.717) is 5.75 Å². The zero-order valence-corrected chi connectivity index (χ0v) is 13.0. The van der Waals surface area contributed by atoms with Crippen LogP contribution in [0.1, 0.15) is 24.3 Å². The molecule has 2 aromatic rings. The minimum atomic E-state index is -0.494. The molecule has 0 fully saturated rings. The van der Waals surface area contributed by atoms with E-state index in [9.17, 15) is 9.18 Å². The summed E-state index contributed by atoms with van der Waals surface area (Å²) in [5.41, 5.74) is 0. The van der Waals surface area contributed by atoms with Crippen molar-refractivity contribution >= 4 is 28.8 Å². The second-order valence-corrected chi connectivity index (χ2v) is 5.87. The maximum Gasteiger partial charge on any atom is 0.223 e. The summed E-state index contributed by atoms with van der Waals surface area (Å²) in [7, 11) is 0. The van der Waals surface area contributed by atoms with Crippen molar-refractivity contribution in [1.29, 1.82) is 0 Å². The van der Waals surface area contributed by atoms with Crippen LogP contribution in [-0.2, 0) is 4.79 Å². The van der Waals surface area contributed by atoms with Gasteiger partial charge in [-0.1, -0.05) is 17.7 Å². The zero-order valence-electron chi connectivity index (χ0n) is 11.4. The van der Waals surface area contributed by atoms with Crippen LogP contribution < -0.4 is 10.1 Å². The fourth-order valence-electron chi connectivity index (χ4n) is 1.75. The minimum absolute atomic E-state index is 0.00303. The number of thiophene rings is 1. The van der Waals surface area contributed by atoms with E-state index in [-0.39, 0.29) is 30.0 Å². The summed E-state index contributed by atoms with van der Waals surface area (Å²) < 4.78 is 18.4. The first kappa shape index (κ1) is 15.8. The highest BCUT2D eigenvalue weighted by atomic mass is 35.5. The number of rotatable bonds is 6. The van der Waals surface area contributed by atoms with Crippen molar-refractivity contribution in [2.45, 2.75) is 19.4 Å². The largest absolute Gasteiger partial charge is 0.493 e. The molecule has 1 aromatic heterocycles. The van der Waals surface area contributed by atoms with Gasteiger partial charge in [0, 0.05) is 10.9 Å². The van der Waals surface area contributed by atoms with Crippen LogP contribution in [0, 0.1) is 5.82 Å². The molecule has 0 radical (unpaired) electrons.